The van der Waals surface area contributed by atoms with Gasteiger partial charge in [0, 0.05) is 0 Å². The number of carboxylic acid groups (broad SMARTS) is 1. The van der Waals surface area contributed by atoms with E-state index in [1.54, 1.807) is 0 Å². The third-order valence-corrected chi connectivity index (χ3v) is 4.43. The molecule has 0 aliphatic rings. The Kier molecular flexibility index (Phi) is 6.08. The molecule has 0 aliphatic carbocycles. The van der Waals surface area contributed by atoms with Gasteiger partial charge in [-0.3, -0.25) is 0 Å². The maximum absolute atomic E-state index is 11.8. The van der Waals surface area contributed by atoms with Crippen molar-refractivity contribution in [3.05, 3.63) is 23.7 Å². The van der Waals surface area contributed by atoms with Gasteiger partial charge in [-0.25, -0.2) is 13.2 Å². The number of hydrogen-bond acceptors (Lipinski definition) is 4. The Balaban J connectivity index is 2.43. The van der Waals surface area contributed by atoms with E-state index in [4.69, 9.17) is 9.52 Å². The molecule has 6 heteroatoms. The normalized spacial score (nSPS) is 11.6. The van der Waals surface area contributed by atoms with Crippen LogP contribution in [-0.2, 0) is 15.6 Å². The molecule has 0 atom stereocenters. The first kappa shape index (κ1) is 15.8. The molecule has 0 unspecified atom stereocenters. The molecule has 1 rings (SSSR count). The number of sulfone groups is 1. The fourth-order valence-corrected chi connectivity index (χ4v) is 3.16. The summed E-state index contributed by atoms with van der Waals surface area (Å²) in [5, 5.41) is 8.68. The van der Waals surface area contributed by atoms with Crippen molar-refractivity contribution in [3.8, 4) is 0 Å². The number of rotatable bonds is 9. The quantitative estimate of drug-likeness (QED) is 0.706. The zero-order chi connectivity index (χ0) is 14.3. The molecule has 108 valence electrons. The number of furan rings is 1. The van der Waals surface area contributed by atoms with Crippen LogP contribution in [0.1, 0.15) is 55.3 Å². The zero-order valence-electron chi connectivity index (χ0n) is 11.1. The van der Waals surface area contributed by atoms with E-state index in [2.05, 4.69) is 6.92 Å². The second-order valence-electron chi connectivity index (χ2n) is 4.58. The lowest BCUT2D eigenvalue weighted by Gasteiger charge is -2.02. The Hall–Kier alpha value is -1.30. The van der Waals surface area contributed by atoms with Gasteiger partial charge in [0.2, 0.25) is 5.76 Å². The lowest BCUT2D eigenvalue weighted by Crippen LogP contribution is -2.09. The van der Waals surface area contributed by atoms with Gasteiger partial charge in [0.25, 0.3) is 0 Å². The fourth-order valence-electron chi connectivity index (χ4n) is 1.78. The van der Waals surface area contributed by atoms with Crippen molar-refractivity contribution in [2.75, 3.05) is 5.75 Å². The highest BCUT2D eigenvalue weighted by molar-refractivity contribution is 7.90. The van der Waals surface area contributed by atoms with Gasteiger partial charge in [0.05, 0.1) is 5.75 Å². The Morgan fingerprint density at radius 3 is 2.47 bits per heavy atom. The third-order valence-electron chi connectivity index (χ3n) is 2.79. The molecule has 1 aromatic heterocycles. The summed E-state index contributed by atoms with van der Waals surface area (Å²) in [7, 11) is -3.22. The average Bonchev–Trinajstić information content (AvgIpc) is 2.76. The van der Waals surface area contributed by atoms with Crippen molar-refractivity contribution in [2.24, 2.45) is 0 Å². The largest absolute Gasteiger partial charge is 0.475 e. The van der Waals surface area contributed by atoms with Gasteiger partial charge < -0.3 is 9.52 Å². The number of aromatic carboxylic acids is 1. The van der Waals surface area contributed by atoms with Crippen LogP contribution in [0.25, 0.3) is 0 Å². The average molecular weight is 288 g/mol. The highest BCUT2D eigenvalue weighted by Gasteiger charge is 2.16. The molecule has 0 bridgehead atoms. The summed E-state index contributed by atoms with van der Waals surface area (Å²) in [4.78, 5) is 10.6. The van der Waals surface area contributed by atoms with E-state index < -0.39 is 15.8 Å². The minimum absolute atomic E-state index is 0.125. The van der Waals surface area contributed by atoms with Crippen LogP contribution in [0.15, 0.2) is 16.5 Å². The summed E-state index contributed by atoms with van der Waals surface area (Å²) in [6, 6.07) is 2.67. The third kappa shape index (κ3) is 5.92. The molecule has 0 aromatic carbocycles. The van der Waals surface area contributed by atoms with E-state index in [1.807, 2.05) is 0 Å². The number of carboxylic acids is 1. The van der Waals surface area contributed by atoms with E-state index in [0.29, 0.717) is 6.42 Å². The van der Waals surface area contributed by atoms with E-state index in [1.165, 1.54) is 12.1 Å². The van der Waals surface area contributed by atoms with Crippen molar-refractivity contribution in [2.45, 2.75) is 44.8 Å². The molecule has 5 nitrogen and oxygen atoms in total. The molecule has 0 saturated carbocycles. The van der Waals surface area contributed by atoms with Crippen LogP contribution in [0, 0.1) is 0 Å². The van der Waals surface area contributed by atoms with Crippen molar-refractivity contribution >= 4 is 15.8 Å². The molecule has 0 fully saturated rings. The summed E-state index contributed by atoms with van der Waals surface area (Å²) in [6.07, 6.45) is 4.85. The topological polar surface area (TPSA) is 84.6 Å². The fraction of sp³-hybridized carbons (Fsp3) is 0.615. The first-order valence-corrected chi connectivity index (χ1v) is 8.29. The van der Waals surface area contributed by atoms with Gasteiger partial charge in [-0.1, -0.05) is 32.6 Å². The van der Waals surface area contributed by atoms with Gasteiger partial charge in [-0.05, 0) is 18.6 Å². The van der Waals surface area contributed by atoms with Gasteiger partial charge in [-0.2, -0.15) is 0 Å². The standard InChI is InChI=1S/C13H20O5S/c1-2-3-4-5-6-9-19(16,17)10-11-7-8-12(18-11)13(14)15/h7-8H,2-6,9-10H2,1H3,(H,14,15). The van der Waals surface area contributed by atoms with E-state index in [9.17, 15) is 13.2 Å². The van der Waals surface area contributed by atoms with E-state index >= 15 is 0 Å². The van der Waals surface area contributed by atoms with E-state index in [-0.39, 0.29) is 23.0 Å². The summed E-state index contributed by atoms with van der Waals surface area (Å²) >= 11 is 0. The molecule has 0 amide bonds. The van der Waals surface area contributed by atoms with Crippen molar-refractivity contribution in [1.82, 2.24) is 0 Å². The van der Waals surface area contributed by atoms with Gasteiger partial charge in [0.1, 0.15) is 11.5 Å². The minimum Gasteiger partial charge on any atom is -0.475 e. The minimum atomic E-state index is -3.22. The van der Waals surface area contributed by atoms with Crippen LogP contribution < -0.4 is 0 Å². The van der Waals surface area contributed by atoms with Crippen molar-refractivity contribution in [3.63, 3.8) is 0 Å². The van der Waals surface area contributed by atoms with Gasteiger partial charge >= 0.3 is 5.97 Å². The second-order valence-corrected chi connectivity index (χ2v) is 6.76. The lowest BCUT2D eigenvalue weighted by molar-refractivity contribution is 0.0660. The molecule has 0 aliphatic heterocycles. The molecule has 1 heterocycles. The Labute approximate surface area is 113 Å². The number of hydrogen-bond donors (Lipinski definition) is 1. The highest BCUT2D eigenvalue weighted by Crippen LogP contribution is 2.13. The number of unbranched alkanes of at least 4 members (excludes halogenated alkanes) is 4. The summed E-state index contributed by atoms with van der Waals surface area (Å²) in [6.45, 7) is 2.10. The van der Waals surface area contributed by atoms with Crippen LogP contribution in [0.4, 0.5) is 0 Å². The SMILES string of the molecule is CCCCCCCS(=O)(=O)Cc1ccc(C(=O)O)o1. The van der Waals surface area contributed by atoms with Gasteiger partial charge in [-0.15, -0.1) is 0 Å². The maximum Gasteiger partial charge on any atom is 0.371 e. The number of carbonyl (C=O) groups is 1. The maximum atomic E-state index is 11.8. The monoisotopic (exact) mass is 288 g/mol. The molecule has 0 spiro atoms. The lowest BCUT2D eigenvalue weighted by atomic mass is 10.2. The van der Waals surface area contributed by atoms with Crippen LogP contribution in [0.3, 0.4) is 0 Å². The predicted molar refractivity (Wildman–Crippen MR) is 71.9 cm³/mol. The second kappa shape index (κ2) is 7.33. The molecule has 0 saturated heterocycles. The first-order chi connectivity index (χ1) is 8.94. The smallest absolute Gasteiger partial charge is 0.371 e. The Morgan fingerprint density at radius 2 is 1.89 bits per heavy atom. The summed E-state index contributed by atoms with van der Waals surface area (Å²) < 4.78 is 28.6. The van der Waals surface area contributed by atoms with Crippen molar-refractivity contribution in [1.29, 1.82) is 0 Å². The van der Waals surface area contributed by atoms with E-state index in [0.717, 1.165) is 25.7 Å². The molecule has 0 radical (unpaired) electrons. The predicted octanol–water partition coefficient (Wildman–Crippen LogP) is 2.86. The zero-order valence-corrected chi connectivity index (χ0v) is 11.9. The molecule has 1 N–H and O–H groups in total. The summed E-state index contributed by atoms with van der Waals surface area (Å²) in [5.41, 5.74) is 0. The summed E-state index contributed by atoms with van der Waals surface area (Å²) in [5.74, 6) is -1.34. The Bertz CT molecular complexity index is 501. The highest BCUT2D eigenvalue weighted by atomic mass is 32.2. The Morgan fingerprint density at radius 1 is 1.21 bits per heavy atom. The van der Waals surface area contributed by atoms with Crippen LogP contribution in [0.2, 0.25) is 0 Å². The molecule has 1 aromatic rings. The van der Waals surface area contributed by atoms with Crippen LogP contribution in [0.5, 0.6) is 0 Å². The van der Waals surface area contributed by atoms with Crippen molar-refractivity contribution < 1.29 is 22.7 Å². The molecule has 19 heavy (non-hydrogen) atoms. The van der Waals surface area contributed by atoms with Crippen LogP contribution in [-0.4, -0.2) is 25.2 Å². The molecular formula is C13H20O5S. The van der Waals surface area contributed by atoms with Crippen LogP contribution >= 0.6 is 0 Å². The first-order valence-electron chi connectivity index (χ1n) is 6.47. The molecular weight excluding hydrogens is 268 g/mol. The van der Waals surface area contributed by atoms with Gasteiger partial charge in [0.15, 0.2) is 9.84 Å².